The molecule has 1 fully saturated rings. The monoisotopic (exact) mass is 221 g/mol. The molecule has 1 aliphatic rings. The third kappa shape index (κ3) is 2.27. The van der Waals surface area contributed by atoms with Gasteiger partial charge in [0, 0.05) is 18.3 Å². The Hall–Kier alpha value is -1.69. The summed E-state index contributed by atoms with van der Waals surface area (Å²) < 4.78 is 5.39. The Balaban J connectivity index is 2.12. The number of nitrogens with one attached hydrogen (secondary N) is 1. The van der Waals surface area contributed by atoms with Crippen molar-refractivity contribution in [2.45, 2.75) is 13.0 Å². The van der Waals surface area contributed by atoms with Crippen molar-refractivity contribution in [3.05, 3.63) is 18.1 Å². The Morgan fingerprint density at radius 1 is 1.62 bits per heavy atom. The zero-order valence-electron chi connectivity index (χ0n) is 9.18. The minimum Gasteiger partial charge on any atom is -0.385 e. The number of rotatable bonds is 2. The maximum atomic E-state index is 7.38. The number of nitrogens with two attached hydrogens (primary N) is 1. The van der Waals surface area contributed by atoms with E-state index < -0.39 is 0 Å². The molecule has 0 amide bonds. The van der Waals surface area contributed by atoms with Crippen LogP contribution in [0.25, 0.3) is 0 Å². The standard InChI is InChI=1S/C10H15N5O/c1-7-4-9(14-6-13-7)15-2-3-16-8(5-15)10(11)12/h4,6,8H,2-3,5H2,1H3,(H3,11,12). The van der Waals surface area contributed by atoms with E-state index >= 15 is 0 Å². The van der Waals surface area contributed by atoms with E-state index in [4.69, 9.17) is 15.9 Å². The SMILES string of the molecule is Cc1cc(N2CCOC(C(=N)N)C2)ncn1. The van der Waals surface area contributed by atoms with Gasteiger partial charge in [-0.15, -0.1) is 0 Å². The third-order valence-electron chi connectivity index (χ3n) is 2.53. The van der Waals surface area contributed by atoms with Crippen LogP contribution in [-0.4, -0.2) is 41.6 Å². The van der Waals surface area contributed by atoms with Gasteiger partial charge in [0.05, 0.1) is 13.2 Å². The summed E-state index contributed by atoms with van der Waals surface area (Å²) in [5.74, 6) is 0.928. The molecule has 6 heteroatoms. The minimum atomic E-state index is -0.330. The lowest BCUT2D eigenvalue weighted by molar-refractivity contribution is 0.0823. The van der Waals surface area contributed by atoms with E-state index in [1.165, 1.54) is 0 Å². The highest BCUT2D eigenvalue weighted by Gasteiger charge is 2.23. The first-order valence-corrected chi connectivity index (χ1v) is 5.16. The van der Waals surface area contributed by atoms with E-state index in [2.05, 4.69) is 14.9 Å². The van der Waals surface area contributed by atoms with Crippen LogP contribution in [0.4, 0.5) is 5.82 Å². The fourth-order valence-electron chi connectivity index (χ4n) is 1.66. The van der Waals surface area contributed by atoms with Crippen LogP contribution in [0.5, 0.6) is 0 Å². The molecular weight excluding hydrogens is 206 g/mol. The van der Waals surface area contributed by atoms with Gasteiger partial charge >= 0.3 is 0 Å². The summed E-state index contributed by atoms with van der Waals surface area (Å²) in [6, 6.07) is 1.92. The van der Waals surface area contributed by atoms with Crippen molar-refractivity contribution < 1.29 is 4.74 Å². The molecule has 2 rings (SSSR count). The molecule has 0 saturated carbocycles. The van der Waals surface area contributed by atoms with Crippen LogP contribution in [0.2, 0.25) is 0 Å². The van der Waals surface area contributed by atoms with Crippen LogP contribution in [0.3, 0.4) is 0 Å². The zero-order valence-corrected chi connectivity index (χ0v) is 9.18. The number of hydrogen-bond donors (Lipinski definition) is 2. The first-order valence-electron chi connectivity index (χ1n) is 5.16. The number of ether oxygens (including phenoxy) is 1. The van der Waals surface area contributed by atoms with Gasteiger partial charge < -0.3 is 15.4 Å². The van der Waals surface area contributed by atoms with Crippen molar-refractivity contribution in [3.8, 4) is 0 Å². The van der Waals surface area contributed by atoms with Gasteiger partial charge in [0.2, 0.25) is 0 Å². The van der Waals surface area contributed by atoms with Crippen LogP contribution < -0.4 is 10.6 Å². The number of aryl methyl sites for hydroxylation is 1. The van der Waals surface area contributed by atoms with E-state index in [1.807, 2.05) is 13.0 Å². The van der Waals surface area contributed by atoms with E-state index in [0.29, 0.717) is 13.2 Å². The van der Waals surface area contributed by atoms with Gasteiger partial charge in [-0.2, -0.15) is 0 Å². The van der Waals surface area contributed by atoms with Crippen LogP contribution in [0, 0.1) is 12.3 Å². The molecule has 0 spiro atoms. The van der Waals surface area contributed by atoms with Crippen LogP contribution in [0.15, 0.2) is 12.4 Å². The Bertz CT molecular complexity index is 395. The van der Waals surface area contributed by atoms with Crippen LogP contribution in [0.1, 0.15) is 5.69 Å². The molecule has 1 aromatic rings. The second kappa shape index (κ2) is 4.44. The molecule has 3 N–H and O–H groups in total. The Labute approximate surface area is 94.0 Å². The van der Waals surface area contributed by atoms with Gasteiger partial charge in [-0.3, -0.25) is 5.41 Å². The lowest BCUT2D eigenvalue weighted by Gasteiger charge is -2.33. The molecule has 2 heterocycles. The van der Waals surface area contributed by atoms with Gasteiger partial charge in [0.15, 0.2) is 0 Å². The summed E-state index contributed by atoms with van der Waals surface area (Å²) in [5, 5.41) is 7.38. The number of morpholine rings is 1. The third-order valence-corrected chi connectivity index (χ3v) is 2.53. The molecule has 1 saturated heterocycles. The lowest BCUT2D eigenvalue weighted by atomic mass is 10.2. The number of amidine groups is 1. The van der Waals surface area contributed by atoms with E-state index in [0.717, 1.165) is 18.1 Å². The Morgan fingerprint density at radius 3 is 3.12 bits per heavy atom. The Morgan fingerprint density at radius 2 is 2.44 bits per heavy atom. The predicted molar refractivity (Wildman–Crippen MR) is 60.6 cm³/mol. The number of anilines is 1. The first kappa shape index (κ1) is 10.8. The van der Waals surface area contributed by atoms with Gasteiger partial charge in [0.25, 0.3) is 0 Å². The maximum absolute atomic E-state index is 7.38. The van der Waals surface area contributed by atoms with Gasteiger partial charge in [-0.25, -0.2) is 9.97 Å². The van der Waals surface area contributed by atoms with E-state index in [9.17, 15) is 0 Å². The summed E-state index contributed by atoms with van der Waals surface area (Å²) >= 11 is 0. The van der Waals surface area contributed by atoms with Crippen molar-refractivity contribution in [1.29, 1.82) is 5.41 Å². The molecule has 1 aromatic heterocycles. The highest BCUT2D eigenvalue weighted by molar-refractivity contribution is 5.82. The summed E-state index contributed by atoms with van der Waals surface area (Å²) in [6.07, 6.45) is 1.21. The van der Waals surface area contributed by atoms with Crippen molar-refractivity contribution >= 4 is 11.7 Å². The minimum absolute atomic E-state index is 0.0653. The molecule has 0 radical (unpaired) electrons. The normalized spacial score (nSPS) is 20.8. The van der Waals surface area contributed by atoms with Gasteiger partial charge in [-0.1, -0.05) is 0 Å². The topological polar surface area (TPSA) is 88.1 Å². The summed E-state index contributed by atoms with van der Waals surface area (Å²) in [4.78, 5) is 10.3. The maximum Gasteiger partial charge on any atom is 0.132 e. The summed E-state index contributed by atoms with van der Waals surface area (Å²) in [5.41, 5.74) is 6.36. The van der Waals surface area contributed by atoms with Gasteiger partial charge in [0.1, 0.15) is 24.1 Å². The Kier molecular flexibility index (Phi) is 3.00. The largest absolute Gasteiger partial charge is 0.385 e. The van der Waals surface area contributed by atoms with Crippen molar-refractivity contribution in [2.75, 3.05) is 24.6 Å². The second-order valence-corrected chi connectivity index (χ2v) is 3.78. The smallest absolute Gasteiger partial charge is 0.132 e. The lowest BCUT2D eigenvalue weighted by Crippen LogP contribution is -2.48. The van der Waals surface area contributed by atoms with Gasteiger partial charge in [-0.05, 0) is 6.92 Å². The molecule has 86 valence electrons. The molecule has 1 unspecified atom stereocenters. The molecule has 16 heavy (non-hydrogen) atoms. The summed E-state index contributed by atoms with van der Waals surface area (Å²) in [7, 11) is 0. The average molecular weight is 221 g/mol. The molecule has 0 bridgehead atoms. The quantitative estimate of drug-likeness (QED) is 0.539. The second-order valence-electron chi connectivity index (χ2n) is 3.78. The molecule has 0 aliphatic carbocycles. The van der Waals surface area contributed by atoms with E-state index in [-0.39, 0.29) is 11.9 Å². The highest BCUT2D eigenvalue weighted by Crippen LogP contribution is 2.14. The fraction of sp³-hybridized carbons (Fsp3) is 0.500. The van der Waals surface area contributed by atoms with Crippen molar-refractivity contribution in [2.24, 2.45) is 5.73 Å². The molecular formula is C10H15N5O. The van der Waals surface area contributed by atoms with E-state index in [1.54, 1.807) is 6.33 Å². The fourth-order valence-corrected chi connectivity index (χ4v) is 1.66. The molecule has 1 aliphatic heterocycles. The molecule has 1 atom stereocenters. The average Bonchev–Trinajstić information content (AvgIpc) is 2.29. The number of aromatic nitrogens is 2. The van der Waals surface area contributed by atoms with Crippen LogP contribution in [-0.2, 0) is 4.74 Å². The number of hydrogen-bond acceptors (Lipinski definition) is 5. The predicted octanol–water partition coefficient (Wildman–Crippen LogP) is -0.0738. The zero-order chi connectivity index (χ0) is 11.5. The highest BCUT2D eigenvalue weighted by atomic mass is 16.5. The molecule has 0 aromatic carbocycles. The van der Waals surface area contributed by atoms with Crippen LogP contribution >= 0.6 is 0 Å². The van der Waals surface area contributed by atoms with Crippen molar-refractivity contribution in [1.82, 2.24) is 9.97 Å². The van der Waals surface area contributed by atoms with Crippen molar-refractivity contribution in [3.63, 3.8) is 0 Å². The first-order chi connectivity index (χ1) is 7.66. The summed E-state index contributed by atoms with van der Waals surface area (Å²) in [6.45, 7) is 3.83. The number of nitrogens with zero attached hydrogens (tertiary/aromatic N) is 3. The molecule has 6 nitrogen and oxygen atoms in total.